The first-order valence-electron chi connectivity index (χ1n) is 10.4. The number of benzene rings is 1. The first kappa shape index (κ1) is 23.6. The highest BCUT2D eigenvalue weighted by atomic mass is 32.1. The molecule has 1 aliphatic heterocycles. The number of hydrogen-bond acceptors (Lipinski definition) is 6. The first-order valence-corrected chi connectivity index (χ1v) is 11.0. The number of rotatable bonds is 10. The van der Waals surface area contributed by atoms with E-state index < -0.39 is 29.9 Å². The van der Waals surface area contributed by atoms with Crippen LogP contribution < -0.4 is 21.3 Å². The summed E-state index contributed by atoms with van der Waals surface area (Å²) in [6.45, 7) is 0.469. The summed E-state index contributed by atoms with van der Waals surface area (Å²) in [6, 6.07) is 4.97. The molecule has 3 atom stereocenters. The number of H-pyrrole nitrogens is 1. The highest BCUT2D eigenvalue weighted by Crippen LogP contribution is 2.19. The van der Waals surface area contributed by atoms with Crippen molar-refractivity contribution in [3.63, 3.8) is 0 Å². The largest absolute Gasteiger partial charge is 0.480 e. The standard InChI is InChI=1S/C21H27N5O5S/c27-18(10-24-19(28)15-6-3-7-22-15)25-16(20(29)26-17(11-32)21(30)31)8-12-9-23-14-5-2-1-4-13(12)14/h1-2,4-5,9,15-17,22-23,32H,3,6-8,10-11H2,(H,24,28)(H,25,27)(H,26,29)(H,30,31). The number of amides is 3. The smallest absolute Gasteiger partial charge is 0.327 e. The molecule has 2 aromatic rings. The number of carbonyl (C=O) groups excluding carboxylic acids is 3. The fourth-order valence-electron chi connectivity index (χ4n) is 3.63. The van der Waals surface area contributed by atoms with Crippen molar-refractivity contribution in [2.45, 2.75) is 37.4 Å². The molecule has 32 heavy (non-hydrogen) atoms. The zero-order valence-electron chi connectivity index (χ0n) is 17.4. The third-order valence-corrected chi connectivity index (χ3v) is 5.71. The van der Waals surface area contributed by atoms with Gasteiger partial charge in [0.15, 0.2) is 0 Å². The molecule has 10 nitrogen and oxygen atoms in total. The molecule has 1 saturated heterocycles. The van der Waals surface area contributed by atoms with E-state index in [1.54, 1.807) is 6.20 Å². The minimum Gasteiger partial charge on any atom is -0.480 e. The van der Waals surface area contributed by atoms with Crippen molar-refractivity contribution in [1.82, 2.24) is 26.3 Å². The number of carboxylic acids is 1. The third kappa shape index (κ3) is 6.01. The van der Waals surface area contributed by atoms with E-state index in [1.165, 1.54) is 0 Å². The minimum atomic E-state index is -1.22. The average molecular weight is 462 g/mol. The molecule has 0 aliphatic carbocycles. The predicted molar refractivity (Wildman–Crippen MR) is 121 cm³/mol. The normalized spacial score (nSPS) is 17.5. The van der Waals surface area contributed by atoms with Gasteiger partial charge in [0.2, 0.25) is 17.7 Å². The van der Waals surface area contributed by atoms with Gasteiger partial charge < -0.3 is 31.4 Å². The van der Waals surface area contributed by atoms with Gasteiger partial charge in [-0.25, -0.2) is 4.79 Å². The number of carboxylic acid groups (broad SMARTS) is 1. The monoisotopic (exact) mass is 461 g/mol. The van der Waals surface area contributed by atoms with Crippen molar-refractivity contribution >= 4 is 47.2 Å². The van der Waals surface area contributed by atoms with E-state index in [9.17, 15) is 24.3 Å². The number of aromatic amines is 1. The Morgan fingerprint density at radius 1 is 1.16 bits per heavy atom. The van der Waals surface area contributed by atoms with Crippen molar-refractivity contribution in [2.75, 3.05) is 18.8 Å². The van der Waals surface area contributed by atoms with E-state index in [1.807, 2.05) is 24.3 Å². The van der Waals surface area contributed by atoms with Crippen molar-refractivity contribution in [2.24, 2.45) is 0 Å². The fraction of sp³-hybridized carbons (Fsp3) is 0.429. The Kier molecular flexibility index (Phi) is 8.12. The molecular weight excluding hydrogens is 434 g/mol. The van der Waals surface area contributed by atoms with Crippen LogP contribution in [0.15, 0.2) is 30.5 Å². The summed E-state index contributed by atoms with van der Waals surface area (Å²) >= 11 is 3.96. The van der Waals surface area contributed by atoms with Crippen LogP contribution in [-0.4, -0.2) is 70.7 Å². The number of para-hydroxylation sites is 1. The summed E-state index contributed by atoms with van der Waals surface area (Å²) in [5.41, 5.74) is 1.67. The van der Waals surface area contributed by atoms with E-state index in [0.717, 1.165) is 29.4 Å². The summed E-state index contributed by atoms with van der Waals surface area (Å²) in [4.78, 5) is 51.9. The van der Waals surface area contributed by atoms with Crippen molar-refractivity contribution < 1.29 is 24.3 Å². The van der Waals surface area contributed by atoms with Crippen LogP contribution in [0.2, 0.25) is 0 Å². The zero-order chi connectivity index (χ0) is 23.1. The lowest BCUT2D eigenvalue weighted by Gasteiger charge is -2.21. The maximum Gasteiger partial charge on any atom is 0.327 e. The Bertz CT molecular complexity index is 988. The van der Waals surface area contributed by atoms with Crippen LogP contribution in [0.4, 0.5) is 0 Å². The Morgan fingerprint density at radius 2 is 1.94 bits per heavy atom. The minimum absolute atomic E-state index is 0.0979. The van der Waals surface area contributed by atoms with E-state index in [0.29, 0.717) is 6.42 Å². The lowest BCUT2D eigenvalue weighted by atomic mass is 10.0. The molecule has 172 valence electrons. The molecule has 1 aromatic carbocycles. The van der Waals surface area contributed by atoms with E-state index in [4.69, 9.17) is 0 Å². The van der Waals surface area contributed by atoms with Crippen LogP contribution in [0.3, 0.4) is 0 Å². The second kappa shape index (κ2) is 11.0. The van der Waals surface area contributed by atoms with Crippen LogP contribution in [-0.2, 0) is 25.6 Å². The lowest BCUT2D eigenvalue weighted by molar-refractivity contribution is -0.141. The second-order valence-electron chi connectivity index (χ2n) is 7.63. The molecule has 1 aliphatic rings. The van der Waals surface area contributed by atoms with Gasteiger partial charge in [-0.1, -0.05) is 18.2 Å². The summed E-state index contributed by atoms with van der Waals surface area (Å²) in [5.74, 6) is -2.78. The summed E-state index contributed by atoms with van der Waals surface area (Å²) in [5, 5.41) is 20.8. The van der Waals surface area contributed by atoms with E-state index in [2.05, 4.69) is 38.9 Å². The number of hydrogen-bond donors (Lipinski definition) is 7. The fourth-order valence-corrected chi connectivity index (χ4v) is 3.88. The Hall–Kier alpha value is -3.05. The zero-order valence-corrected chi connectivity index (χ0v) is 18.3. The van der Waals surface area contributed by atoms with Gasteiger partial charge in [-0.2, -0.15) is 12.6 Å². The van der Waals surface area contributed by atoms with Crippen LogP contribution in [0, 0.1) is 0 Å². The quantitative estimate of drug-likeness (QED) is 0.238. The maximum atomic E-state index is 12.8. The van der Waals surface area contributed by atoms with Crippen LogP contribution in [0.1, 0.15) is 18.4 Å². The molecule has 0 saturated carbocycles. The number of carbonyl (C=O) groups is 4. The molecule has 0 bridgehead atoms. The number of aliphatic carboxylic acids is 1. The molecule has 3 amide bonds. The van der Waals surface area contributed by atoms with Crippen molar-refractivity contribution in [1.29, 1.82) is 0 Å². The van der Waals surface area contributed by atoms with Gasteiger partial charge in [-0.15, -0.1) is 0 Å². The maximum absolute atomic E-state index is 12.8. The molecule has 2 heterocycles. The molecular formula is C21H27N5O5S. The van der Waals surface area contributed by atoms with Crippen LogP contribution in [0.5, 0.6) is 0 Å². The Morgan fingerprint density at radius 3 is 2.62 bits per heavy atom. The lowest BCUT2D eigenvalue weighted by Crippen LogP contribution is -2.54. The molecule has 0 spiro atoms. The Labute approximate surface area is 190 Å². The van der Waals surface area contributed by atoms with Gasteiger partial charge in [0.25, 0.3) is 0 Å². The van der Waals surface area contributed by atoms with Gasteiger partial charge in [-0.05, 0) is 31.0 Å². The van der Waals surface area contributed by atoms with E-state index >= 15 is 0 Å². The number of nitrogens with one attached hydrogen (secondary N) is 5. The number of fused-ring (bicyclic) bond motifs is 1. The number of aromatic nitrogens is 1. The topological polar surface area (TPSA) is 152 Å². The molecule has 3 unspecified atom stereocenters. The highest BCUT2D eigenvalue weighted by Gasteiger charge is 2.27. The van der Waals surface area contributed by atoms with Gasteiger partial charge in [0.05, 0.1) is 12.6 Å². The highest BCUT2D eigenvalue weighted by molar-refractivity contribution is 7.80. The SMILES string of the molecule is O=C(CNC(=O)C1CCCN1)NC(Cc1c[nH]c2ccccc12)C(=O)NC(CS)C(=O)O. The molecule has 6 N–H and O–H groups in total. The van der Waals surface area contributed by atoms with Gasteiger partial charge >= 0.3 is 5.97 Å². The average Bonchev–Trinajstić information content (AvgIpc) is 3.45. The molecule has 0 radical (unpaired) electrons. The molecule has 1 aromatic heterocycles. The molecule has 11 heteroatoms. The summed E-state index contributed by atoms with van der Waals surface area (Å²) in [6.07, 6.45) is 3.49. The first-order chi connectivity index (χ1) is 15.4. The van der Waals surface area contributed by atoms with Crippen LogP contribution >= 0.6 is 12.6 Å². The van der Waals surface area contributed by atoms with E-state index in [-0.39, 0.29) is 30.7 Å². The van der Waals surface area contributed by atoms with Gasteiger partial charge in [0.1, 0.15) is 12.1 Å². The van der Waals surface area contributed by atoms with Gasteiger partial charge in [-0.3, -0.25) is 14.4 Å². The summed E-state index contributed by atoms with van der Waals surface area (Å²) < 4.78 is 0. The number of thiol groups is 1. The second-order valence-corrected chi connectivity index (χ2v) is 8.00. The van der Waals surface area contributed by atoms with Crippen molar-refractivity contribution in [3.05, 3.63) is 36.0 Å². The third-order valence-electron chi connectivity index (χ3n) is 5.35. The molecule has 3 rings (SSSR count). The summed E-state index contributed by atoms with van der Waals surface area (Å²) in [7, 11) is 0. The van der Waals surface area contributed by atoms with Crippen LogP contribution in [0.25, 0.3) is 10.9 Å². The predicted octanol–water partition coefficient (Wildman–Crippen LogP) is -0.437. The van der Waals surface area contributed by atoms with Gasteiger partial charge in [0, 0.05) is 29.3 Å². The Balaban J connectivity index is 1.69. The molecule has 1 fully saturated rings. The van der Waals surface area contributed by atoms with Crippen molar-refractivity contribution in [3.8, 4) is 0 Å².